The number of nitrogens with zero attached hydrogens (tertiary/aromatic N) is 1. The summed E-state index contributed by atoms with van der Waals surface area (Å²) in [6, 6.07) is 4.21. The number of benzene rings is 1. The molecule has 1 amide bonds. The molecule has 1 aromatic carbocycles. The molecule has 0 fully saturated rings. The third-order valence-electron chi connectivity index (χ3n) is 3.36. The molecule has 1 rings (SSSR count). The van der Waals surface area contributed by atoms with Gasteiger partial charge in [-0.3, -0.25) is 4.79 Å². The molecular weight excluding hydrogens is 212 g/mol. The van der Waals surface area contributed by atoms with Gasteiger partial charge in [-0.1, -0.05) is 12.1 Å². The van der Waals surface area contributed by atoms with E-state index in [2.05, 4.69) is 32.9 Å². The summed E-state index contributed by atoms with van der Waals surface area (Å²) in [6.45, 7) is 7.41. The van der Waals surface area contributed by atoms with Crippen LogP contribution in [0.2, 0.25) is 0 Å². The van der Waals surface area contributed by atoms with E-state index in [9.17, 15) is 4.79 Å². The lowest BCUT2D eigenvalue weighted by Crippen LogP contribution is -2.28. The Morgan fingerprint density at radius 1 is 1.24 bits per heavy atom. The Balaban J connectivity index is 2.82. The summed E-state index contributed by atoms with van der Waals surface area (Å²) in [4.78, 5) is 13.4. The van der Waals surface area contributed by atoms with Gasteiger partial charge in [-0.2, -0.15) is 0 Å². The lowest BCUT2D eigenvalue weighted by atomic mass is 9.98. The van der Waals surface area contributed by atoms with E-state index >= 15 is 0 Å². The zero-order chi connectivity index (χ0) is 13.0. The molecule has 0 spiro atoms. The summed E-state index contributed by atoms with van der Waals surface area (Å²) in [5.41, 5.74) is 10.5. The Labute approximate surface area is 104 Å². The van der Waals surface area contributed by atoms with Crippen LogP contribution in [0.3, 0.4) is 0 Å². The van der Waals surface area contributed by atoms with Crippen molar-refractivity contribution in [1.82, 2.24) is 4.90 Å². The van der Waals surface area contributed by atoms with Gasteiger partial charge >= 0.3 is 0 Å². The van der Waals surface area contributed by atoms with Crippen molar-refractivity contribution in [3.05, 3.63) is 34.4 Å². The van der Waals surface area contributed by atoms with Crippen LogP contribution >= 0.6 is 0 Å². The maximum absolute atomic E-state index is 11.7. The maximum Gasteiger partial charge on any atom is 0.223 e. The van der Waals surface area contributed by atoms with Crippen molar-refractivity contribution in [3.8, 4) is 0 Å². The Hall–Kier alpha value is -1.35. The number of aryl methyl sites for hydroxylation is 1. The van der Waals surface area contributed by atoms with E-state index < -0.39 is 0 Å². The lowest BCUT2D eigenvalue weighted by Gasteiger charge is -2.19. The molecule has 1 aromatic rings. The van der Waals surface area contributed by atoms with Gasteiger partial charge in [0.25, 0.3) is 0 Å². The number of rotatable bonds is 4. The Morgan fingerprint density at radius 2 is 1.88 bits per heavy atom. The van der Waals surface area contributed by atoms with E-state index in [4.69, 9.17) is 5.73 Å². The molecule has 3 heteroatoms. The number of nitrogens with two attached hydrogens (primary N) is 1. The molecule has 17 heavy (non-hydrogen) atoms. The average molecular weight is 234 g/mol. The van der Waals surface area contributed by atoms with Gasteiger partial charge in [-0.25, -0.2) is 0 Å². The highest BCUT2D eigenvalue weighted by Gasteiger charge is 2.10. The maximum atomic E-state index is 11.7. The molecule has 0 aliphatic rings. The van der Waals surface area contributed by atoms with Crippen molar-refractivity contribution in [1.29, 1.82) is 0 Å². The summed E-state index contributed by atoms with van der Waals surface area (Å²) in [7, 11) is 1.83. The molecular formula is C14H22N2O. The standard InChI is InChI=1S/C14H22N2O/c1-10-5-6-13(12(3)11(10)2)9-16(4)14(17)7-8-15/h5-6H,7-9,15H2,1-4H3. The molecule has 0 bridgehead atoms. The fourth-order valence-corrected chi connectivity index (χ4v) is 1.84. The first-order valence-corrected chi connectivity index (χ1v) is 5.97. The largest absolute Gasteiger partial charge is 0.341 e. The van der Waals surface area contributed by atoms with Crippen LogP contribution in [-0.2, 0) is 11.3 Å². The zero-order valence-corrected chi connectivity index (χ0v) is 11.2. The van der Waals surface area contributed by atoms with Crippen LogP contribution in [0.4, 0.5) is 0 Å². The fraction of sp³-hybridized carbons (Fsp3) is 0.500. The van der Waals surface area contributed by atoms with E-state index in [1.165, 1.54) is 22.3 Å². The molecule has 0 unspecified atom stereocenters. The van der Waals surface area contributed by atoms with Gasteiger partial charge in [-0.05, 0) is 43.0 Å². The summed E-state index contributed by atoms with van der Waals surface area (Å²) in [5, 5.41) is 0. The predicted molar refractivity (Wildman–Crippen MR) is 70.8 cm³/mol. The highest BCUT2D eigenvalue weighted by atomic mass is 16.2. The number of carbonyl (C=O) groups is 1. The van der Waals surface area contributed by atoms with E-state index in [1.54, 1.807) is 4.90 Å². The lowest BCUT2D eigenvalue weighted by molar-refractivity contribution is -0.130. The van der Waals surface area contributed by atoms with Crippen LogP contribution in [-0.4, -0.2) is 24.4 Å². The van der Waals surface area contributed by atoms with Crippen LogP contribution in [0.25, 0.3) is 0 Å². The van der Waals surface area contributed by atoms with Gasteiger partial charge in [-0.15, -0.1) is 0 Å². The highest BCUT2D eigenvalue weighted by Crippen LogP contribution is 2.18. The Kier molecular flexibility index (Phi) is 4.70. The zero-order valence-electron chi connectivity index (χ0n) is 11.2. The fourth-order valence-electron chi connectivity index (χ4n) is 1.84. The molecule has 0 aromatic heterocycles. The van der Waals surface area contributed by atoms with Crippen LogP contribution in [0, 0.1) is 20.8 Å². The molecule has 0 aliphatic carbocycles. The predicted octanol–water partition coefficient (Wildman–Crippen LogP) is 1.92. The first-order valence-electron chi connectivity index (χ1n) is 5.97. The molecule has 3 nitrogen and oxygen atoms in total. The van der Waals surface area contributed by atoms with E-state index in [-0.39, 0.29) is 5.91 Å². The second-order valence-corrected chi connectivity index (χ2v) is 4.58. The van der Waals surface area contributed by atoms with Gasteiger partial charge in [0.2, 0.25) is 5.91 Å². The van der Waals surface area contributed by atoms with Crippen LogP contribution in [0.5, 0.6) is 0 Å². The molecule has 0 radical (unpaired) electrons. The van der Waals surface area contributed by atoms with E-state index in [0.29, 0.717) is 19.5 Å². The number of amides is 1. The second-order valence-electron chi connectivity index (χ2n) is 4.58. The summed E-state index contributed by atoms with van der Waals surface area (Å²) >= 11 is 0. The van der Waals surface area contributed by atoms with Crippen molar-refractivity contribution in [3.63, 3.8) is 0 Å². The van der Waals surface area contributed by atoms with Crippen molar-refractivity contribution in [2.75, 3.05) is 13.6 Å². The minimum absolute atomic E-state index is 0.102. The molecule has 0 saturated carbocycles. The van der Waals surface area contributed by atoms with Crippen LogP contribution in [0.15, 0.2) is 12.1 Å². The minimum atomic E-state index is 0.102. The van der Waals surface area contributed by atoms with Gasteiger partial charge < -0.3 is 10.6 Å². The Bertz CT molecular complexity index is 413. The molecule has 0 saturated heterocycles. The Morgan fingerprint density at radius 3 is 2.47 bits per heavy atom. The van der Waals surface area contributed by atoms with Gasteiger partial charge in [0.05, 0.1) is 0 Å². The third kappa shape index (κ3) is 3.30. The van der Waals surface area contributed by atoms with Crippen LogP contribution in [0.1, 0.15) is 28.7 Å². The number of carbonyl (C=O) groups excluding carboxylic acids is 1. The first-order chi connectivity index (χ1) is 7.97. The smallest absolute Gasteiger partial charge is 0.223 e. The molecule has 94 valence electrons. The third-order valence-corrected chi connectivity index (χ3v) is 3.36. The number of hydrogen-bond acceptors (Lipinski definition) is 2. The highest BCUT2D eigenvalue weighted by molar-refractivity contribution is 5.76. The summed E-state index contributed by atoms with van der Waals surface area (Å²) in [6.07, 6.45) is 0.417. The van der Waals surface area contributed by atoms with E-state index in [0.717, 1.165) is 0 Å². The summed E-state index contributed by atoms with van der Waals surface area (Å²) < 4.78 is 0. The molecule has 0 aliphatic heterocycles. The van der Waals surface area contributed by atoms with Crippen LogP contribution < -0.4 is 5.73 Å². The van der Waals surface area contributed by atoms with E-state index in [1.807, 2.05) is 7.05 Å². The molecule has 0 heterocycles. The normalized spacial score (nSPS) is 10.4. The second kappa shape index (κ2) is 5.82. The average Bonchev–Trinajstić information content (AvgIpc) is 2.30. The number of hydrogen-bond donors (Lipinski definition) is 1. The summed E-state index contributed by atoms with van der Waals surface area (Å²) in [5.74, 6) is 0.102. The van der Waals surface area contributed by atoms with Crippen molar-refractivity contribution in [2.45, 2.75) is 33.7 Å². The van der Waals surface area contributed by atoms with Gasteiger partial charge in [0.15, 0.2) is 0 Å². The van der Waals surface area contributed by atoms with Crippen molar-refractivity contribution in [2.24, 2.45) is 5.73 Å². The molecule has 0 atom stereocenters. The SMILES string of the molecule is Cc1ccc(CN(C)C(=O)CCN)c(C)c1C. The monoisotopic (exact) mass is 234 g/mol. The van der Waals surface area contributed by atoms with Crippen molar-refractivity contribution < 1.29 is 4.79 Å². The minimum Gasteiger partial charge on any atom is -0.341 e. The first kappa shape index (κ1) is 13.7. The quantitative estimate of drug-likeness (QED) is 0.865. The molecule has 2 N–H and O–H groups in total. The van der Waals surface area contributed by atoms with Gasteiger partial charge in [0.1, 0.15) is 0 Å². The van der Waals surface area contributed by atoms with Crippen molar-refractivity contribution >= 4 is 5.91 Å². The van der Waals surface area contributed by atoms with Gasteiger partial charge in [0, 0.05) is 26.6 Å². The topological polar surface area (TPSA) is 46.3 Å².